The molecule has 1 heterocycles. The number of rotatable bonds is 4. The molecular weight excluding hydrogens is 404 g/mol. The molecule has 24 heavy (non-hydrogen) atoms. The minimum atomic E-state index is -1.20. The Balaban J connectivity index is 2.05. The van der Waals surface area contributed by atoms with E-state index in [1.54, 1.807) is 11.3 Å². The predicted molar refractivity (Wildman–Crippen MR) is 107 cm³/mol. The second-order valence-electron chi connectivity index (χ2n) is 6.51. The van der Waals surface area contributed by atoms with E-state index in [9.17, 15) is 4.21 Å². The quantitative estimate of drug-likeness (QED) is 0.627. The molecule has 0 fully saturated rings. The van der Waals surface area contributed by atoms with Crippen molar-refractivity contribution in [2.24, 2.45) is 0 Å². The summed E-state index contributed by atoms with van der Waals surface area (Å²) < 4.78 is 17.7. The molecule has 1 unspecified atom stereocenters. The van der Waals surface area contributed by atoms with Crippen LogP contribution in [-0.4, -0.2) is 13.9 Å². The SMILES string of the molecule is CC(C)(C)S(=O)N[C@@H](c1cccc(Br)c1)c1nc2ccccc2s1. The number of aromatic nitrogens is 1. The summed E-state index contributed by atoms with van der Waals surface area (Å²) >= 11 is 5.16. The molecule has 3 rings (SSSR count). The topological polar surface area (TPSA) is 42.0 Å². The number of halogens is 1. The summed E-state index contributed by atoms with van der Waals surface area (Å²) in [5.41, 5.74) is 2.02. The van der Waals surface area contributed by atoms with Crippen LogP contribution in [0.25, 0.3) is 10.2 Å². The zero-order valence-corrected chi connectivity index (χ0v) is 17.0. The molecule has 1 N–H and O–H groups in total. The normalized spacial score (nSPS) is 14.7. The minimum Gasteiger partial charge on any atom is -0.242 e. The van der Waals surface area contributed by atoms with Crippen LogP contribution in [0.2, 0.25) is 0 Å². The Hall–Kier alpha value is -1.08. The maximum Gasteiger partial charge on any atom is 0.116 e. The Bertz CT molecular complexity index is 853. The molecule has 0 saturated carbocycles. The molecule has 0 aliphatic rings. The van der Waals surface area contributed by atoms with Gasteiger partial charge in [-0.1, -0.05) is 40.2 Å². The van der Waals surface area contributed by atoms with Gasteiger partial charge in [-0.15, -0.1) is 11.3 Å². The fourth-order valence-corrected chi connectivity index (χ4v) is 4.60. The Labute approximate surface area is 157 Å². The molecule has 2 aromatic carbocycles. The Kier molecular flexibility index (Phi) is 5.20. The zero-order valence-electron chi connectivity index (χ0n) is 13.7. The smallest absolute Gasteiger partial charge is 0.116 e. The van der Waals surface area contributed by atoms with Gasteiger partial charge >= 0.3 is 0 Å². The number of nitrogens with zero attached hydrogens (tertiary/aromatic N) is 1. The molecule has 0 bridgehead atoms. The van der Waals surface area contributed by atoms with E-state index in [2.05, 4.69) is 26.7 Å². The summed E-state index contributed by atoms with van der Waals surface area (Å²) in [6.07, 6.45) is 0. The summed E-state index contributed by atoms with van der Waals surface area (Å²) in [7, 11) is -1.20. The summed E-state index contributed by atoms with van der Waals surface area (Å²) in [6, 6.07) is 15.9. The van der Waals surface area contributed by atoms with Crippen molar-refractivity contribution in [3.63, 3.8) is 0 Å². The molecule has 0 radical (unpaired) electrons. The number of hydrogen-bond donors (Lipinski definition) is 1. The third-order valence-corrected chi connectivity index (χ3v) is 6.68. The zero-order chi connectivity index (χ0) is 17.3. The van der Waals surface area contributed by atoms with Crippen LogP contribution in [0.4, 0.5) is 0 Å². The van der Waals surface area contributed by atoms with Crippen molar-refractivity contribution in [2.45, 2.75) is 31.6 Å². The van der Waals surface area contributed by atoms with Gasteiger partial charge in [0.15, 0.2) is 0 Å². The van der Waals surface area contributed by atoms with Crippen LogP contribution < -0.4 is 4.72 Å². The summed E-state index contributed by atoms with van der Waals surface area (Å²) in [5, 5.41) is 0.923. The largest absolute Gasteiger partial charge is 0.242 e. The van der Waals surface area contributed by atoms with Crippen molar-refractivity contribution in [3.8, 4) is 0 Å². The van der Waals surface area contributed by atoms with Gasteiger partial charge in [0.1, 0.15) is 5.01 Å². The van der Waals surface area contributed by atoms with E-state index in [0.29, 0.717) is 0 Å². The number of fused-ring (bicyclic) bond motifs is 1. The predicted octanol–water partition coefficient (Wildman–Crippen LogP) is 5.20. The second-order valence-corrected chi connectivity index (χ2v) is 10.5. The molecule has 2 atom stereocenters. The molecule has 0 saturated heterocycles. The maximum atomic E-state index is 12.7. The van der Waals surface area contributed by atoms with Gasteiger partial charge in [0.25, 0.3) is 0 Å². The van der Waals surface area contributed by atoms with Crippen molar-refractivity contribution < 1.29 is 4.21 Å². The summed E-state index contributed by atoms with van der Waals surface area (Å²) in [6.45, 7) is 5.89. The molecule has 1 aromatic heterocycles. The van der Waals surface area contributed by atoms with E-state index in [4.69, 9.17) is 4.98 Å². The monoisotopic (exact) mass is 422 g/mol. The van der Waals surface area contributed by atoms with Gasteiger partial charge < -0.3 is 0 Å². The molecule has 6 heteroatoms. The van der Waals surface area contributed by atoms with E-state index in [-0.39, 0.29) is 10.8 Å². The van der Waals surface area contributed by atoms with Crippen LogP contribution in [0.3, 0.4) is 0 Å². The van der Waals surface area contributed by atoms with E-state index in [1.807, 2.05) is 63.2 Å². The van der Waals surface area contributed by atoms with Crippen LogP contribution in [-0.2, 0) is 11.0 Å². The third-order valence-electron chi connectivity index (χ3n) is 3.52. The van der Waals surface area contributed by atoms with E-state index in [1.165, 1.54) is 0 Å². The van der Waals surface area contributed by atoms with Crippen molar-refractivity contribution in [2.75, 3.05) is 0 Å². The highest BCUT2D eigenvalue weighted by atomic mass is 79.9. The van der Waals surface area contributed by atoms with Crippen LogP contribution in [0.1, 0.15) is 37.4 Å². The highest BCUT2D eigenvalue weighted by Crippen LogP contribution is 2.32. The maximum absolute atomic E-state index is 12.7. The molecule has 0 amide bonds. The lowest BCUT2D eigenvalue weighted by molar-refractivity contribution is 0.623. The van der Waals surface area contributed by atoms with Gasteiger partial charge in [0, 0.05) is 4.47 Å². The Morgan fingerprint density at radius 2 is 1.92 bits per heavy atom. The number of nitrogens with one attached hydrogen (secondary N) is 1. The van der Waals surface area contributed by atoms with Crippen molar-refractivity contribution in [1.82, 2.24) is 9.71 Å². The first-order valence-corrected chi connectivity index (χ1v) is 10.4. The molecule has 0 spiro atoms. The first-order chi connectivity index (χ1) is 11.3. The third kappa shape index (κ3) is 3.94. The Morgan fingerprint density at radius 3 is 2.58 bits per heavy atom. The molecule has 0 aliphatic heterocycles. The van der Waals surface area contributed by atoms with Gasteiger partial charge in [-0.3, -0.25) is 0 Å². The number of hydrogen-bond acceptors (Lipinski definition) is 3. The average molecular weight is 423 g/mol. The molecule has 3 nitrogen and oxygen atoms in total. The minimum absolute atomic E-state index is 0.208. The molecule has 126 valence electrons. The highest BCUT2D eigenvalue weighted by Gasteiger charge is 2.26. The van der Waals surface area contributed by atoms with E-state index in [0.717, 1.165) is 25.3 Å². The first kappa shape index (κ1) is 17.7. The fraction of sp³-hybridized carbons (Fsp3) is 0.278. The van der Waals surface area contributed by atoms with Crippen molar-refractivity contribution in [1.29, 1.82) is 0 Å². The highest BCUT2D eigenvalue weighted by molar-refractivity contribution is 9.10. The van der Waals surface area contributed by atoms with Crippen molar-refractivity contribution >= 4 is 48.5 Å². The second kappa shape index (κ2) is 7.04. The standard InChI is InChI=1S/C18H19BrN2OS2/c1-18(2,3)24(22)21-16(12-7-6-8-13(19)11-12)17-20-14-9-4-5-10-15(14)23-17/h4-11,16,21H,1-3H3/t16-,24?/m0/s1. The first-order valence-electron chi connectivity index (χ1n) is 7.63. The van der Waals surface area contributed by atoms with Crippen LogP contribution in [0.15, 0.2) is 53.0 Å². The van der Waals surface area contributed by atoms with E-state index >= 15 is 0 Å². The number of thiazole rings is 1. The fourth-order valence-electron chi connectivity index (χ4n) is 2.24. The van der Waals surface area contributed by atoms with Gasteiger partial charge in [-0.2, -0.15) is 0 Å². The molecule has 0 aliphatic carbocycles. The average Bonchev–Trinajstić information content (AvgIpc) is 2.94. The van der Waals surface area contributed by atoms with Gasteiger partial charge in [0.05, 0.1) is 32.0 Å². The lowest BCUT2D eigenvalue weighted by atomic mass is 10.1. The van der Waals surface area contributed by atoms with Gasteiger partial charge in [-0.25, -0.2) is 13.9 Å². The lowest BCUT2D eigenvalue weighted by Crippen LogP contribution is -2.36. The van der Waals surface area contributed by atoms with Crippen molar-refractivity contribution in [3.05, 3.63) is 63.6 Å². The number of benzene rings is 2. The molecular formula is C18H19BrN2OS2. The lowest BCUT2D eigenvalue weighted by Gasteiger charge is -2.23. The number of para-hydroxylation sites is 1. The molecule has 3 aromatic rings. The summed E-state index contributed by atoms with van der Waals surface area (Å²) in [4.78, 5) is 4.76. The van der Waals surface area contributed by atoms with Gasteiger partial charge in [-0.05, 0) is 50.6 Å². The Morgan fingerprint density at radius 1 is 1.17 bits per heavy atom. The van der Waals surface area contributed by atoms with Crippen LogP contribution >= 0.6 is 27.3 Å². The van der Waals surface area contributed by atoms with Crippen LogP contribution in [0.5, 0.6) is 0 Å². The van der Waals surface area contributed by atoms with E-state index < -0.39 is 11.0 Å². The van der Waals surface area contributed by atoms with Crippen LogP contribution in [0, 0.1) is 0 Å². The summed E-state index contributed by atoms with van der Waals surface area (Å²) in [5.74, 6) is 0. The van der Waals surface area contributed by atoms with Gasteiger partial charge in [0.2, 0.25) is 0 Å².